The van der Waals surface area contributed by atoms with E-state index in [9.17, 15) is 4.79 Å². The number of guanidine groups is 1. The number of rotatable bonds is 7. The van der Waals surface area contributed by atoms with Gasteiger partial charge in [0.1, 0.15) is 21.4 Å². The summed E-state index contributed by atoms with van der Waals surface area (Å²) in [5, 5.41) is 7.40. The molecule has 2 rings (SSSR count). The number of carbonyl (C=O) groups is 1. The van der Waals surface area contributed by atoms with Crippen LogP contribution in [0.25, 0.3) is 0 Å². The van der Waals surface area contributed by atoms with E-state index in [0.29, 0.717) is 29.7 Å². The zero-order valence-electron chi connectivity index (χ0n) is 16.8. The molecule has 27 heavy (non-hydrogen) atoms. The Bertz CT molecular complexity index is 810. The smallest absolute Gasteiger partial charge is 0.350 e. The molecule has 148 valence electrons. The average molecular weight is 393 g/mol. The van der Waals surface area contributed by atoms with Crippen LogP contribution in [0.15, 0.2) is 15.5 Å². The lowest BCUT2D eigenvalue weighted by molar-refractivity contribution is 0.0531. The number of thiazole rings is 1. The number of aryl methyl sites for hydroxylation is 3. The van der Waals surface area contributed by atoms with Gasteiger partial charge in [-0.2, -0.15) is 0 Å². The highest BCUT2D eigenvalue weighted by molar-refractivity contribution is 7.13. The minimum absolute atomic E-state index is 0.0955. The van der Waals surface area contributed by atoms with Crippen molar-refractivity contribution in [1.29, 1.82) is 0 Å². The Morgan fingerprint density at radius 3 is 2.70 bits per heavy atom. The van der Waals surface area contributed by atoms with E-state index in [0.717, 1.165) is 28.6 Å². The minimum Gasteiger partial charge on any atom is -0.466 e. The maximum Gasteiger partial charge on any atom is 0.350 e. The van der Waals surface area contributed by atoms with E-state index in [1.807, 2.05) is 40.7 Å². The molecule has 2 aromatic rings. The van der Waals surface area contributed by atoms with Crippen molar-refractivity contribution in [3.05, 3.63) is 38.7 Å². The van der Waals surface area contributed by atoms with Crippen LogP contribution in [-0.2, 0) is 11.3 Å². The zero-order chi connectivity index (χ0) is 20.0. The van der Waals surface area contributed by atoms with Crippen LogP contribution in [0.5, 0.6) is 0 Å². The summed E-state index contributed by atoms with van der Waals surface area (Å²) < 4.78 is 10.6. The minimum atomic E-state index is -0.322. The lowest BCUT2D eigenvalue weighted by Gasteiger charge is -2.16. The van der Waals surface area contributed by atoms with Gasteiger partial charge >= 0.3 is 5.97 Å². The van der Waals surface area contributed by atoms with E-state index in [1.54, 1.807) is 6.92 Å². The van der Waals surface area contributed by atoms with Crippen LogP contribution in [0.1, 0.15) is 64.3 Å². The van der Waals surface area contributed by atoms with E-state index < -0.39 is 0 Å². The molecule has 8 heteroatoms. The van der Waals surface area contributed by atoms with Crippen molar-refractivity contribution >= 4 is 23.3 Å². The molecular formula is C19H28N4O3S. The first-order valence-electron chi connectivity index (χ1n) is 9.10. The van der Waals surface area contributed by atoms with Crippen LogP contribution in [-0.4, -0.2) is 30.1 Å². The predicted octanol–water partition coefficient (Wildman–Crippen LogP) is 3.65. The Hall–Kier alpha value is -2.35. The molecule has 2 N–H and O–H groups in total. The van der Waals surface area contributed by atoms with Crippen LogP contribution in [0.4, 0.5) is 0 Å². The van der Waals surface area contributed by atoms with Crippen molar-refractivity contribution in [3.63, 3.8) is 0 Å². The summed E-state index contributed by atoms with van der Waals surface area (Å²) in [7, 11) is 0. The van der Waals surface area contributed by atoms with E-state index in [-0.39, 0.29) is 12.0 Å². The summed E-state index contributed by atoms with van der Waals surface area (Å²) in [5.74, 6) is 2.13. The number of nitrogens with zero attached hydrogens (tertiary/aromatic N) is 2. The third-order valence-electron chi connectivity index (χ3n) is 3.89. The van der Waals surface area contributed by atoms with Crippen molar-refractivity contribution in [2.45, 2.75) is 54.1 Å². The molecule has 0 aromatic carbocycles. The third kappa shape index (κ3) is 5.56. The molecule has 0 aliphatic carbocycles. The van der Waals surface area contributed by atoms with Gasteiger partial charge in [0.05, 0.1) is 24.9 Å². The average Bonchev–Trinajstić information content (AvgIpc) is 3.15. The van der Waals surface area contributed by atoms with Crippen molar-refractivity contribution in [3.8, 4) is 0 Å². The molecule has 2 aromatic heterocycles. The standard InChI is InChI=1S/C19H28N4O3S/c1-7-20-19(21-10-15-9-11(3)26-14(15)6)23-13(5)17-22-12(4)16(27-17)18(24)25-8-2/h9,13H,7-8,10H2,1-6H3,(H2,20,21,23). The fraction of sp³-hybridized carbons (Fsp3) is 0.526. The number of aromatic nitrogens is 1. The molecule has 0 spiro atoms. The molecule has 0 fully saturated rings. The van der Waals surface area contributed by atoms with Gasteiger partial charge < -0.3 is 19.8 Å². The maximum atomic E-state index is 12.0. The van der Waals surface area contributed by atoms with Crippen molar-refractivity contribution in [2.75, 3.05) is 13.2 Å². The molecule has 0 bridgehead atoms. The Labute approximate surface area is 164 Å². The number of hydrogen-bond donors (Lipinski definition) is 2. The zero-order valence-corrected chi connectivity index (χ0v) is 17.6. The lowest BCUT2D eigenvalue weighted by Crippen LogP contribution is -2.38. The number of furan rings is 1. The summed E-state index contributed by atoms with van der Waals surface area (Å²) in [4.78, 5) is 21.7. The normalized spacial score (nSPS) is 12.7. The summed E-state index contributed by atoms with van der Waals surface area (Å²) in [6.45, 7) is 13.1. The summed E-state index contributed by atoms with van der Waals surface area (Å²) in [6, 6.07) is 1.91. The van der Waals surface area contributed by atoms with E-state index in [2.05, 4.69) is 20.6 Å². The van der Waals surface area contributed by atoms with Gasteiger partial charge in [-0.3, -0.25) is 0 Å². The molecule has 0 aliphatic heterocycles. The molecule has 0 saturated carbocycles. The Morgan fingerprint density at radius 1 is 1.37 bits per heavy atom. The lowest BCUT2D eigenvalue weighted by atomic mass is 10.2. The van der Waals surface area contributed by atoms with Gasteiger partial charge in [-0.1, -0.05) is 0 Å². The topological polar surface area (TPSA) is 88.8 Å². The fourth-order valence-electron chi connectivity index (χ4n) is 2.58. The van der Waals surface area contributed by atoms with Crippen LogP contribution >= 0.6 is 11.3 Å². The van der Waals surface area contributed by atoms with Gasteiger partial charge in [0.25, 0.3) is 0 Å². The molecule has 1 atom stereocenters. The molecule has 7 nitrogen and oxygen atoms in total. The van der Waals surface area contributed by atoms with Crippen molar-refractivity contribution in [2.24, 2.45) is 4.99 Å². The van der Waals surface area contributed by atoms with Gasteiger partial charge in [-0.15, -0.1) is 11.3 Å². The highest BCUT2D eigenvalue weighted by atomic mass is 32.1. The monoisotopic (exact) mass is 392 g/mol. The van der Waals surface area contributed by atoms with Crippen molar-refractivity contribution in [1.82, 2.24) is 15.6 Å². The third-order valence-corrected chi connectivity index (χ3v) is 5.21. The Kier molecular flexibility index (Phi) is 7.41. The summed E-state index contributed by atoms with van der Waals surface area (Å²) >= 11 is 1.35. The van der Waals surface area contributed by atoms with E-state index >= 15 is 0 Å². The number of nitrogens with one attached hydrogen (secondary N) is 2. The van der Waals surface area contributed by atoms with Crippen molar-refractivity contribution < 1.29 is 13.9 Å². The quantitative estimate of drug-likeness (QED) is 0.425. The highest BCUT2D eigenvalue weighted by Gasteiger charge is 2.20. The van der Waals surface area contributed by atoms with Gasteiger partial charge in [0.15, 0.2) is 5.96 Å². The van der Waals surface area contributed by atoms with Crippen LogP contribution < -0.4 is 10.6 Å². The highest BCUT2D eigenvalue weighted by Crippen LogP contribution is 2.24. The number of esters is 1. The largest absolute Gasteiger partial charge is 0.466 e. The molecular weight excluding hydrogens is 364 g/mol. The number of aliphatic imine (C=N–C) groups is 1. The summed E-state index contributed by atoms with van der Waals surface area (Å²) in [6.07, 6.45) is 0. The molecule has 0 saturated heterocycles. The van der Waals surface area contributed by atoms with E-state index in [4.69, 9.17) is 9.15 Å². The number of hydrogen-bond acceptors (Lipinski definition) is 6. The SMILES string of the molecule is CCNC(=NCc1cc(C)oc1C)NC(C)c1nc(C)c(C(=O)OCC)s1. The van der Waals surface area contributed by atoms with Gasteiger partial charge in [0.2, 0.25) is 0 Å². The first-order chi connectivity index (χ1) is 12.8. The van der Waals surface area contributed by atoms with Crippen LogP contribution in [0, 0.1) is 20.8 Å². The second-order valence-electron chi connectivity index (χ2n) is 6.19. The molecule has 1 unspecified atom stereocenters. The van der Waals surface area contributed by atoms with Gasteiger partial charge in [-0.05, 0) is 47.6 Å². The Balaban J connectivity index is 2.11. The number of ether oxygens (including phenoxy) is 1. The molecule has 0 aliphatic rings. The molecule has 2 heterocycles. The first-order valence-corrected chi connectivity index (χ1v) is 9.92. The fourth-order valence-corrected chi connectivity index (χ4v) is 3.54. The first kappa shape index (κ1) is 21.0. The van der Waals surface area contributed by atoms with Gasteiger partial charge in [0, 0.05) is 12.1 Å². The molecule has 0 amide bonds. The van der Waals surface area contributed by atoms with E-state index in [1.165, 1.54) is 11.3 Å². The second-order valence-corrected chi connectivity index (χ2v) is 7.22. The number of carbonyl (C=O) groups excluding carboxylic acids is 1. The van der Waals surface area contributed by atoms with Crippen LogP contribution in [0.2, 0.25) is 0 Å². The van der Waals surface area contributed by atoms with Gasteiger partial charge in [-0.25, -0.2) is 14.8 Å². The predicted molar refractivity (Wildman–Crippen MR) is 107 cm³/mol. The summed E-state index contributed by atoms with van der Waals surface area (Å²) in [5.41, 5.74) is 1.75. The maximum absolute atomic E-state index is 12.0. The Morgan fingerprint density at radius 2 is 2.11 bits per heavy atom. The second kappa shape index (κ2) is 9.55. The molecule has 0 radical (unpaired) electrons. The van der Waals surface area contributed by atoms with Crippen LogP contribution in [0.3, 0.4) is 0 Å².